The molecule has 2 aliphatic rings. The van der Waals surface area contributed by atoms with Crippen LogP contribution in [0, 0.1) is 0 Å². The Kier molecular flexibility index (Phi) is 6.51. The average Bonchev–Trinajstić information content (AvgIpc) is 3.27. The van der Waals surface area contributed by atoms with E-state index in [-0.39, 0.29) is 24.3 Å². The number of hydrogen-bond donors (Lipinski definition) is 1. The lowest BCUT2D eigenvalue weighted by Gasteiger charge is -2.35. The lowest BCUT2D eigenvalue weighted by Crippen LogP contribution is -2.43. The molecule has 0 unspecified atom stereocenters. The van der Waals surface area contributed by atoms with E-state index >= 15 is 0 Å². The van der Waals surface area contributed by atoms with Crippen molar-refractivity contribution in [3.8, 4) is 23.0 Å². The van der Waals surface area contributed by atoms with Crippen LogP contribution in [0.4, 0.5) is 0 Å². The Morgan fingerprint density at radius 3 is 2.48 bits per heavy atom. The van der Waals surface area contributed by atoms with Crippen LogP contribution in [-0.4, -0.2) is 67.2 Å². The van der Waals surface area contributed by atoms with Gasteiger partial charge < -0.3 is 23.7 Å². The lowest BCUT2D eigenvalue weighted by atomic mass is 10.0. The molecule has 1 N–H and O–H groups in total. The van der Waals surface area contributed by atoms with Crippen molar-refractivity contribution >= 4 is 10.0 Å². The van der Waals surface area contributed by atoms with Gasteiger partial charge in [0.05, 0.1) is 32.3 Å². The van der Waals surface area contributed by atoms with E-state index in [1.54, 1.807) is 6.07 Å². The number of rotatable bonds is 8. The topological polar surface area (TPSA) is 95.6 Å². The van der Waals surface area contributed by atoms with E-state index in [0.717, 1.165) is 5.56 Å². The molecule has 168 valence electrons. The lowest BCUT2D eigenvalue weighted by molar-refractivity contribution is 0.0171. The molecule has 0 radical (unpaired) electrons. The average molecular weight is 451 g/mol. The minimum atomic E-state index is -3.77. The number of morpholine rings is 1. The summed E-state index contributed by atoms with van der Waals surface area (Å²) >= 11 is 0. The van der Waals surface area contributed by atoms with Gasteiger partial charge in [-0.1, -0.05) is 6.07 Å². The zero-order valence-corrected chi connectivity index (χ0v) is 18.3. The minimum absolute atomic E-state index is 0.108. The third kappa shape index (κ3) is 4.72. The molecular weight excluding hydrogens is 424 g/mol. The monoisotopic (exact) mass is 450 g/mol. The molecule has 1 atom stereocenters. The first-order valence-corrected chi connectivity index (χ1v) is 11.4. The SMILES string of the molecule is COc1ccc(S(=O)(=O)NC[C@H](c2ccc3c(c2)OCO3)N2CCOCC2)cc1OC. The van der Waals surface area contributed by atoms with E-state index in [2.05, 4.69) is 9.62 Å². The van der Waals surface area contributed by atoms with E-state index in [0.29, 0.717) is 49.3 Å². The maximum absolute atomic E-state index is 13.0. The molecule has 1 saturated heterocycles. The zero-order chi connectivity index (χ0) is 21.8. The molecule has 2 aliphatic heterocycles. The molecule has 0 aromatic heterocycles. The third-order valence-electron chi connectivity index (χ3n) is 5.40. The van der Waals surface area contributed by atoms with E-state index in [1.165, 1.54) is 26.4 Å². The molecule has 2 heterocycles. The van der Waals surface area contributed by atoms with Gasteiger partial charge in [-0.15, -0.1) is 0 Å². The van der Waals surface area contributed by atoms with Gasteiger partial charge in [0.2, 0.25) is 16.8 Å². The zero-order valence-electron chi connectivity index (χ0n) is 17.5. The second-order valence-corrected chi connectivity index (χ2v) is 8.91. The van der Waals surface area contributed by atoms with Crippen LogP contribution in [0.2, 0.25) is 0 Å². The Hall–Kier alpha value is -2.53. The van der Waals surface area contributed by atoms with Crippen LogP contribution >= 0.6 is 0 Å². The third-order valence-corrected chi connectivity index (χ3v) is 6.82. The van der Waals surface area contributed by atoms with Gasteiger partial charge in [0.1, 0.15) is 0 Å². The first-order chi connectivity index (χ1) is 15.0. The fourth-order valence-electron chi connectivity index (χ4n) is 3.72. The Bertz CT molecular complexity index is 1020. The molecule has 2 aromatic rings. The number of ether oxygens (including phenoxy) is 5. The number of hydrogen-bond acceptors (Lipinski definition) is 8. The number of sulfonamides is 1. The summed E-state index contributed by atoms with van der Waals surface area (Å²) in [5.74, 6) is 2.17. The summed E-state index contributed by atoms with van der Waals surface area (Å²) in [7, 11) is -0.800. The first-order valence-electron chi connectivity index (χ1n) is 9.95. The van der Waals surface area contributed by atoms with E-state index < -0.39 is 10.0 Å². The molecule has 0 amide bonds. The molecular formula is C21H26N2O7S. The molecule has 9 nitrogen and oxygen atoms in total. The van der Waals surface area contributed by atoms with Crippen LogP contribution in [0.5, 0.6) is 23.0 Å². The molecule has 0 aliphatic carbocycles. The van der Waals surface area contributed by atoms with Crippen LogP contribution in [0.25, 0.3) is 0 Å². The van der Waals surface area contributed by atoms with Gasteiger partial charge in [-0.05, 0) is 29.8 Å². The normalized spacial score (nSPS) is 17.4. The highest BCUT2D eigenvalue weighted by Gasteiger charge is 2.27. The highest BCUT2D eigenvalue weighted by molar-refractivity contribution is 7.89. The summed E-state index contributed by atoms with van der Waals surface area (Å²) in [6.07, 6.45) is 0. The summed E-state index contributed by atoms with van der Waals surface area (Å²) in [6, 6.07) is 10.0. The molecule has 0 spiro atoms. The summed E-state index contributed by atoms with van der Waals surface area (Å²) in [5, 5.41) is 0. The molecule has 1 fully saturated rings. The largest absolute Gasteiger partial charge is 0.493 e. The predicted molar refractivity (Wildman–Crippen MR) is 112 cm³/mol. The summed E-state index contributed by atoms with van der Waals surface area (Å²) in [5.41, 5.74) is 0.946. The number of benzene rings is 2. The van der Waals surface area contributed by atoms with E-state index in [1.807, 2.05) is 18.2 Å². The molecule has 0 saturated carbocycles. The molecule has 10 heteroatoms. The first kappa shape index (κ1) is 21.7. The fraction of sp³-hybridized carbons (Fsp3) is 0.429. The van der Waals surface area contributed by atoms with Crippen molar-refractivity contribution in [1.82, 2.24) is 9.62 Å². The van der Waals surface area contributed by atoms with Crippen molar-refractivity contribution < 1.29 is 32.1 Å². The molecule has 31 heavy (non-hydrogen) atoms. The predicted octanol–water partition coefficient (Wildman–Crippen LogP) is 1.78. The van der Waals surface area contributed by atoms with Crippen molar-refractivity contribution in [1.29, 1.82) is 0 Å². The van der Waals surface area contributed by atoms with Crippen molar-refractivity contribution in [3.63, 3.8) is 0 Å². The van der Waals surface area contributed by atoms with Crippen molar-refractivity contribution in [2.45, 2.75) is 10.9 Å². The van der Waals surface area contributed by atoms with Gasteiger partial charge >= 0.3 is 0 Å². The fourth-order valence-corrected chi connectivity index (χ4v) is 4.78. The smallest absolute Gasteiger partial charge is 0.240 e. The molecule has 4 rings (SSSR count). The number of nitrogens with one attached hydrogen (secondary N) is 1. The van der Waals surface area contributed by atoms with Gasteiger partial charge in [0, 0.05) is 31.7 Å². The quantitative estimate of drug-likeness (QED) is 0.650. The van der Waals surface area contributed by atoms with Crippen molar-refractivity contribution in [3.05, 3.63) is 42.0 Å². The van der Waals surface area contributed by atoms with Crippen LogP contribution in [0.15, 0.2) is 41.3 Å². The summed E-state index contributed by atoms with van der Waals surface area (Å²) in [6.45, 7) is 2.99. The minimum Gasteiger partial charge on any atom is -0.493 e. The van der Waals surface area contributed by atoms with Gasteiger partial charge in [-0.2, -0.15) is 0 Å². The standard InChI is InChI=1S/C21H26N2O7S/c1-26-18-6-4-16(12-20(18)27-2)31(24,25)22-13-17(23-7-9-28-10-8-23)15-3-5-19-21(11-15)30-14-29-19/h3-6,11-12,17,22H,7-10,13-14H2,1-2H3/t17-/m1/s1. The summed E-state index contributed by atoms with van der Waals surface area (Å²) < 4.78 is 55.6. The Labute approximate surface area is 181 Å². The highest BCUT2D eigenvalue weighted by Crippen LogP contribution is 2.36. The van der Waals surface area contributed by atoms with Gasteiger partial charge in [-0.25, -0.2) is 13.1 Å². The van der Waals surface area contributed by atoms with Crippen LogP contribution < -0.4 is 23.7 Å². The second kappa shape index (κ2) is 9.31. The molecule has 2 aromatic carbocycles. The van der Waals surface area contributed by atoms with Gasteiger partial charge in [0.25, 0.3) is 0 Å². The van der Waals surface area contributed by atoms with E-state index in [4.69, 9.17) is 23.7 Å². The Morgan fingerprint density at radius 2 is 1.74 bits per heavy atom. The summed E-state index contributed by atoms with van der Waals surface area (Å²) in [4.78, 5) is 2.31. The Balaban J connectivity index is 1.57. The van der Waals surface area contributed by atoms with Crippen LogP contribution in [0.3, 0.4) is 0 Å². The molecule has 0 bridgehead atoms. The van der Waals surface area contributed by atoms with Gasteiger partial charge in [-0.3, -0.25) is 4.90 Å². The highest BCUT2D eigenvalue weighted by atomic mass is 32.2. The Morgan fingerprint density at radius 1 is 1.00 bits per heavy atom. The maximum atomic E-state index is 13.0. The number of methoxy groups -OCH3 is 2. The maximum Gasteiger partial charge on any atom is 0.240 e. The van der Waals surface area contributed by atoms with Crippen LogP contribution in [0.1, 0.15) is 11.6 Å². The number of fused-ring (bicyclic) bond motifs is 1. The van der Waals surface area contributed by atoms with Crippen LogP contribution in [-0.2, 0) is 14.8 Å². The van der Waals surface area contributed by atoms with Crippen molar-refractivity contribution in [2.75, 3.05) is 53.9 Å². The number of nitrogens with zero attached hydrogens (tertiary/aromatic N) is 1. The van der Waals surface area contributed by atoms with Crippen molar-refractivity contribution in [2.24, 2.45) is 0 Å². The second-order valence-electron chi connectivity index (χ2n) is 7.15. The van der Waals surface area contributed by atoms with Gasteiger partial charge in [0.15, 0.2) is 23.0 Å². The van der Waals surface area contributed by atoms with E-state index in [9.17, 15) is 8.42 Å².